The van der Waals surface area contributed by atoms with Gasteiger partial charge in [-0.05, 0) is 43.9 Å². The van der Waals surface area contributed by atoms with Crippen LogP contribution in [0.3, 0.4) is 0 Å². The summed E-state index contributed by atoms with van der Waals surface area (Å²) in [4.78, 5) is 0. The van der Waals surface area contributed by atoms with Gasteiger partial charge in [-0.1, -0.05) is 38.4 Å². The lowest BCUT2D eigenvalue weighted by Crippen LogP contribution is -2.32. The second kappa shape index (κ2) is 6.53. The highest BCUT2D eigenvalue weighted by Crippen LogP contribution is 2.31. The Balaban J connectivity index is 2.76. The number of halogens is 2. The topological polar surface area (TPSA) is 12.0 Å². The molecule has 1 atom stereocenters. The van der Waals surface area contributed by atoms with Crippen molar-refractivity contribution >= 4 is 11.6 Å². The lowest BCUT2D eigenvalue weighted by molar-refractivity contribution is 0.285. The van der Waals surface area contributed by atoms with Gasteiger partial charge >= 0.3 is 0 Å². The van der Waals surface area contributed by atoms with Crippen molar-refractivity contribution in [1.29, 1.82) is 0 Å². The Bertz CT molecular complexity index is 370. The molecule has 0 heterocycles. The van der Waals surface area contributed by atoms with Gasteiger partial charge in [0.25, 0.3) is 0 Å². The van der Waals surface area contributed by atoms with E-state index in [1.54, 1.807) is 12.1 Å². The van der Waals surface area contributed by atoms with Gasteiger partial charge in [0.05, 0.1) is 0 Å². The Kier molecular flexibility index (Phi) is 5.61. The van der Waals surface area contributed by atoms with Crippen LogP contribution >= 0.6 is 11.6 Å². The molecule has 1 nitrogen and oxygen atoms in total. The van der Waals surface area contributed by atoms with E-state index in [1.807, 2.05) is 0 Å². The first-order valence-corrected chi connectivity index (χ1v) is 6.90. The van der Waals surface area contributed by atoms with E-state index in [0.29, 0.717) is 23.0 Å². The standard InChI is InChI=1S/C15H23ClFN/c1-5-18-11(2)9-15(3,4)10-12-13(16)7-6-8-14(12)17/h6-8,11,18H,5,9-10H2,1-4H3. The molecule has 0 saturated heterocycles. The Morgan fingerprint density at radius 2 is 2.06 bits per heavy atom. The first kappa shape index (κ1) is 15.5. The SMILES string of the molecule is CCNC(C)CC(C)(C)Cc1c(F)cccc1Cl. The maximum Gasteiger partial charge on any atom is 0.127 e. The Hall–Kier alpha value is -0.600. The van der Waals surface area contributed by atoms with Crippen LogP contribution in [-0.2, 0) is 6.42 Å². The number of hydrogen-bond donors (Lipinski definition) is 1. The molecule has 0 amide bonds. The first-order valence-electron chi connectivity index (χ1n) is 6.52. The summed E-state index contributed by atoms with van der Waals surface area (Å²) in [5, 5.41) is 3.92. The summed E-state index contributed by atoms with van der Waals surface area (Å²) in [7, 11) is 0. The second-order valence-electron chi connectivity index (χ2n) is 5.70. The summed E-state index contributed by atoms with van der Waals surface area (Å²) in [6, 6.07) is 5.31. The average Bonchev–Trinajstić information content (AvgIpc) is 2.23. The molecule has 0 bridgehead atoms. The third-order valence-electron chi connectivity index (χ3n) is 3.13. The highest BCUT2D eigenvalue weighted by atomic mass is 35.5. The van der Waals surface area contributed by atoms with Crippen molar-refractivity contribution < 1.29 is 4.39 Å². The van der Waals surface area contributed by atoms with Crippen LogP contribution in [0.5, 0.6) is 0 Å². The highest BCUT2D eigenvalue weighted by molar-refractivity contribution is 6.31. The predicted octanol–water partition coefficient (Wildman–Crippen LogP) is 4.44. The van der Waals surface area contributed by atoms with Crippen molar-refractivity contribution in [1.82, 2.24) is 5.32 Å². The summed E-state index contributed by atoms with van der Waals surface area (Å²) in [5.41, 5.74) is 0.654. The molecule has 0 radical (unpaired) electrons. The quantitative estimate of drug-likeness (QED) is 0.807. The van der Waals surface area contributed by atoms with Crippen molar-refractivity contribution in [2.24, 2.45) is 5.41 Å². The molecule has 102 valence electrons. The molecular weight excluding hydrogens is 249 g/mol. The molecule has 0 aliphatic heterocycles. The minimum absolute atomic E-state index is 0.0212. The van der Waals surface area contributed by atoms with Crippen molar-refractivity contribution in [2.45, 2.75) is 46.6 Å². The van der Waals surface area contributed by atoms with Gasteiger partial charge in [-0.2, -0.15) is 0 Å². The maximum atomic E-state index is 13.8. The molecule has 0 aliphatic carbocycles. The van der Waals surface area contributed by atoms with Gasteiger partial charge < -0.3 is 5.32 Å². The van der Waals surface area contributed by atoms with Crippen LogP contribution in [0.15, 0.2) is 18.2 Å². The molecule has 1 aromatic rings. The van der Waals surface area contributed by atoms with Gasteiger partial charge in [0.2, 0.25) is 0 Å². The molecule has 1 aromatic carbocycles. The molecule has 0 aromatic heterocycles. The number of hydrogen-bond acceptors (Lipinski definition) is 1. The van der Waals surface area contributed by atoms with E-state index >= 15 is 0 Å². The minimum Gasteiger partial charge on any atom is -0.315 e. The fourth-order valence-electron chi connectivity index (χ4n) is 2.50. The number of benzene rings is 1. The van der Waals surface area contributed by atoms with Gasteiger partial charge in [0.15, 0.2) is 0 Å². The van der Waals surface area contributed by atoms with Gasteiger partial charge in [0.1, 0.15) is 5.82 Å². The largest absolute Gasteiger partial charge is 0.315 e. The third kappa shape index (κ3) is 4.58. The third-order valence-corrected chi connectivity index (χ3v) is 3.48. The first-order chi connectivity index (χ1) is 8.35. The van der Waals surface area contributed by atoms with E-state index in [2.05, 4.69) is 33.0 Å². The predicted molar refractivity (Wildman–Crippen MR) is 76.7 cm³/mol. The summed E-state index contributed by atoms with van der Waals surface area (Å²) in [6.07, 6.45) is 1.65. The lowest BCUT2D eigenvalue weighted by atomic mass is 9.80. The van der Waals surface area contributed by atoms with Gasteiger partial charge in [0, 0.05) is 16.6 Å². The van der Waals surface area contributed by atoms with Crippen molar-refractivity contribution in [3.05, 3.63) is 34.6 Å². The van der Waals surface area contributed by atoms with Crippen LogP contribution in [-0.4, -0.2) is 12.6 Å². The van der Waals surface area contributed by atoms with E-state index in [1.165, 1.54) is 6.07 Å². The second-order valence-corrected chi connectivity index (χ2v) is 6.11. The molecule has 0 aliphatic rings. The zero-order valence-corrected chi connectivity index (χ0v) is 12.4. The van der Waals surface area contributed by atoms with Crippen LogP contribution < -0.4 is 5.32 Å². The summed E-state index contributed by atoms with van der Waals surface area (Å²) < 4.78 is 13.8. The molecule has 0 saturated carbocycles. The van der Waals surface area contributed by atoms with E-state index in [-0.39, 0.29) is 11.2 Å². The molecule has 3 heteroatoms. The fraction of sp³-hybridized carbons (Fsp3) is 0.600. The minimum atomic E-state index is -0.202. The molecule has 0 fully saturated rings. The Labute approximate surface area is 115 Å². The normalized spacial score (nSPS) is 13.7. The number of rotatable bonds is 6. The van der Waals surface area contributed by atoms with Crippen LogP contribution in [0.4, 0.5) is 4.39 Å². The van der Waals surface area contributed by atoms with Crippen LogP contribution in [0.2, 0.25) is 5.02 Å². The van der Waals surface area contributed by atoms with Crippen LogP contribution in [0, 0.1) is 11.2 Å². The zero-order chi connectivity index (χ0) is 13.8. The van der Waals surface area contributed by atoms with Crippen LogP contribution in [0.25, 0.3) is 0 Å². The summed E-state index contributed by atoms with van der Waals surface area (Å²) in [5.74, 6) is -0.202. The van der Waals surface area contributed by atoms with Crippen molar-refractivity contribution in [3.63, 3.8) is 0 Å². The smallest absolute Gasteiger partial charge is 0.127 e. The van der Waals surface area contributed by atoms with Crippen LogP contribution in [0.1, 0.15) is 39.7 Å². The number of nitrogens with one attached hydrogen (secondary N) is 1. The monoisotopic (exact) mass is 271 g/mol. The van der Waals surface area contributed by atoms with E-state index in [0.717, 1.165) is 13.0 Å². The molecule has 0 spiro atoms. The van der Waals surface area contributed by atoms with Crippen molar-refractivity contribution in [3.8, 4) is 0 Å². The summed E-state index contributed by atoms with van der Waals surface area (Å²) >= 11 is 6.08. The Morgan fingerprint density at radius 3 is 2.61 bits per heavy atom. The van der Waals surface area contributed by atoms with Crippen molar-refractivity contribution in [2.75, 3.05) is 6.54 Å². The Morgan fingerprint density at radius 1 is 1.39 bits per heavy atom. The molecule has 1 rings (SSSR count). The van der Waals surface area contributed by atoms with E-state index < -0.39 is 0 Å². The average molecular weight is 272 g/mol. The zero-order valence-electron chi connectivity index (χ0n) is 11.7. The molecule has 1 N–H and O–H groups in total. The highest BCUT2D eigenvalue weighted by Gasteiger charge is 2.24. The van der Waals surface area contributed by atoms with Gasteiger partial charge in [-0.15, -0.1) is 0 Å². The summed E-state index contributed by atoms with van der Waals surface area (Å²) in [6.45, 7) is 9.52. The fourth-order valence-corrected chi connectivity index (χ4v) is 2.73. The maximum absolute atomic E-state index is 13.8. The lowest BCUT2D eigenvalue weighted by Gasteiger charge is -2.29. The molecule has 18 heavy (non-hydrogen) atoms. The molecular formula is C15H23ClFN. The van der Waals surface area contributed by atoms with E-state index in [4.69, 9.17) is 11.6 Å². The van der Waals surface area contributed by atoms with Gasteiger partial charge in [-0.25, -0.2) is 4.39 Å². The van der Waals surface area contributed by atoms with Gasteiger partial charge in [-0.3, -0.25) is 0 Å². The molecule has 1 unspecified atom stereocenters. The van der Waals surface area contributed by atoms with E-state index in [9.17, 15) is 4.39 Å².